The van der Waals surface area contributed by atoms with Gasteiger partial charge in [0, 0.05) is 31.4 Å². The van der Waals surface area contributed by atoms with E-state index >= 15 is 0 Å². The first kappa shape index (κ1) is 16.3. The standard InChI is InChI=1S/C12H26N2O2S2/c1-5-12(9-17-4)14(3)18(15,16)10(2)8-13-11-6-7-11/h10-13H,5-9H2,1-4H3. The molecule has 0 bridgehead atoms. The molecule has 0 aromatic heterocycles. The lowest BCUT2D eigenvalue weighted by Crippen LogP contribution is -2.45. The summed E-state index contributed by atoms with van der Waals surface area (Å²) < 4.78 is 26.4. The van der Waals surface area contributed by atoms with Crippen LogP contribution >= 0.6 is 11.8 Å². The maximum atomic E-state index is 12.4. The second kappa shape index (κ2) is 7.12. The first-order chi connectivity index (χ1) is 8.43. The zero-order valence-corrected chi connectivity index (χ0v) is 13.5. The molecule has 0 spiro atoms. The fourth-order valence-electron chi connectivity index (χ4n) is 1.89. The third kappa shape index (κ3) is 4.40. The Morgan fingerprint density at radius 2 is 2.06 bits per heavy atom. The summed E-state index contributed by atoms with van der Waals surface area (Å²) in [6.45, 7) is 4.40. The fraction of sp³-hybridized carbons (Fsp3) is 1.00. The molecule has 1 rings (SSSR count). The topological polar surface area (TPSA) is 49.4 Å². The van der Waals surface area contributed by atoms with Gasteiger partial charge in [-0.05, 0) is 32.4 Å². The van der Waals surface area contributed by atoms with Crippen molar-refractivity contribution in [1.82, 2.24) is 9.62 Å². The molecule has 1 saturated carbocycles. The van der Waals surface area contributed by atoms with Gasteiger partial charge in [-0.2, -0.15) is 11.8 Å². The van der Waals surface area contributed by atoms with E-state index in [1.54, 1.807) is 30.0 Å². The van der Waals surface area contributed by atoms with Gasteiger partial charge in [-0.3, -0.25) is 0 Å². The lowest BCUT2D eigenvalue weighted by atomic mass is 10.3. The minimum absolute atomic E-state index is 0.105. The third-order valence-corrected chi connectivity index (χ3v) is 6.53. The van der Waals surface area contributed by atoms with E-state index in [1.807, 2.05) is 13.2 Å². The number of sulfonamides is 1. The summed E-state index contributed by atoms with van der Waals surface area (Å²) in [6.07, 6.45) is 5.25. The Balaban J connectivity index is 2.57. The van der Waals surface area contributed by atoms with Crippen molar-refractivity contribution in [2.24, 2.45) is 0 Å². The van der Waals surface area contributed by atoms with Crippen LogP contribution in [0.4, 0.5) is 0 Å². The van der Waals surface area contributed by atoms with Crippen molar-refractivity contribution in [2.45, 2.75) is 50.4 Å². The highest BCUT2D eigenvalue weighted by atomic mass is 32.2. The molecular formula is C12H26N2O2S2. The summed E-state index contributed by atoms with van der Waals surface area (Å²) >= 11 is 1.70. The monoisotopic (exact) mass is 294 g/mol. The van der Waals surface area contributed by atoms with Crippen LogP contribution in [0, 0.1) is 0 Å². The summed E-state index contributed by atoms with van der Waals surface area (Å²) in [6, 6.07) is 0.662. The van der Waals surface area contributed by atoms with Gasteiger partial charge in [0.05, 0.1) is 5.25 Å². The fourth-order valence-corrected chi connectivity index (χ4v) is 4.34. The molecule has 0 heterocycles. The predicted octanol–water partition coefficient (Wildman–Crippen LogP) is 1.53. The summed E-state index contributed by atoms with van der Waals surface area (Å²) in [5.74, 6) is 0.856. The first-order valence-electron chi connectivity index (χ1n) is 6.62. The van der Waals surface area contributed by atoms with Crippen LogP contribution in [0.3, 0.4) is 0 Å². The molecular weight excluding hydrogens is 268 g/mol. The van der Waals surface area contributed by atoms with Crippen molar-refractivity contribution in [3.63, 3.8) is 0 Å². The van der Waals surface area contributed by atoms with E-state index < -0.39 is 10.0 Å². The summed E-state index contributed by atoms with van der Waals surface area (Å²) in [5, 5.41) is 2.95. The van der Waals surface area contributed by atoms with Crippen molar-refractivity contribution in [1.29, 1.82) is 0 Å². The highest BCUT2D eigenvalue weighted by molar-refractivity contribution is 7.98. The molecule has 1 N–H and O–H groups in total. The van der Waals surface area contributed by atoms with Crippen molar-refractivity contribution in [2.75, 3.05) is 25.6 Å². The molecule has 0 aromatic carbocycles. The molecule has 1 fully saturated rings. The van der Waals surface area contributed by atoms with E-state index in [1.165, 1.54) is 12.8 Å². The van der Waals surface area contributed by atoms with Crippen molar-refractivity contribution >= 4 is 21.8 Å². The number of thioether (sulfide) groups is 1. The highest BCUT2D eigenvalue weighted by Crippen LogP contribution is 2.20. The van der Waals surface area contributed by atoms with Gasteiger partial charge in [0.2, 0.25) is 10.0 Å². The average molecular weight is 294 g/mol. The van der Waals surface area contributed by atoms with Crippen LogP contribution in [-0.2, 0) is 10.0 Å². The SMILES string of the molecule is CCC(CSC)N(C)S(=O)(=O)C(C)CNC1CC1. The summed E-state index contributed by atoms with van der Waals surface area (Å²) in [7, 11) is -1.47. The Hall–Kier alpha value is 0.220. The molecule has 0 saturated heterocycles. The van der Waals surface area contributed by atoms with E-state index in [-0.39, 0.29) is 11.3 Å². The highest BCUT2D eigenvalue weighted by Gasteiger charge is 2.31. The molecule has 1 aliphatic carbocycles. The van der Waals surface area contributed by atoms with Gasteiger partial charge in [-0.25, -0.2) is 12.7 Å². The van der Waals surface area contributed by atoms with E-state index in [9.17, 15) is 8.42 Å². The van der Waals surface area contributed by atoms with E-state index in [0.29, 0.717) is 12.6 Å². The van der Waals surface area contributed by atoms with Gasteiger partial charge in [0.1, 0.15) is 0 Å². The largest absolute Gasteiger partial charge is 0.313 e. The third-order valence-electron chi connectivity index (χ3n) is 3.53. The molecule has 2 atom stereocenters. The van der Waals surface area contributed by atoms with E-state index in [0.717, 1.165) is 12.2 Å². The van der Waals surface area contributed by atoms with Crippen molar-refractivity contribution in [3.05, 3.63) is 0 Å². The van der Waals surface area contributed by atoms with Gasteiger partial charge < -0.3 is 5.32 Å². The summed E-state index contributed by atoms with van der Waals surface area (Å²) in [4.78, 5) is 0. The van der Waals surface area contributed by atoms with Gasteiger partial charge >= 0.3 is 0 Å². The van der Waals surface area contributed by atoms with Crippen molar-refractivity contribution < 1.29 is 8.42 Å². The van der Waals surface area contributed by atoms with Gasteiger partial charge in [-0.15, -0.1) is 0 Å². The molecule has 0 aromatic rings. The van der Waals surface area contributed by atoms with Crippen LogP contribution in [0.1, 0.15) is 33.1 Å². The van der Waals surface area contributed by atoms with Gasteiger partial charge in [-0.1, -0.05) is 6.92 Å². The predicted molar refractivity (Wildman–Crippen MR) is 79.6 cm³/mol. The molecule has 1 aliphatic rings. The second-order valence-corrected chi connectivity index (χ2v) is 8.39. The first-order valence-corrected chi connectivity index (χ1v) is 9.52. The average Bonchev–Trinajstić information content (AvgIpc) is 3.15. The Kier molecular flexibility index (Phi) is 6.44. The molecule has 0 amide bonds. The zero-order valence-electron chi connectivity index (χ0n) is 11.8. The van der Waals surface area contributed by atoms with Crippen LogP contribution in [0.5, 0.6) is 0 Å². The number of hydrogen-bond acceptors (Lipinski definition) is 4. The van der Waals surface area contributed by atoms with Crippen LogP contribution in [-0.4, -0.2) is 55.7 Å². The Bertz CT molecular complexity index is 342. The Morgan fingerprint density at radius 1 is 1.44 bits per heavy atom. The number of nitrogens with zero attached hydrogens (tertiary/aromatic N) is 1. The van der Waals surface area contributed by atoms with Crippen LogP contribution in [0.2, 0.25) is 0 Å². The number of nitrogens with one attached hydrogen (secondary N) is 1. The molecule has 18 heavy (non-hydrogen) atoms. The molecule has 108 valence electrons. The van der Waals surface area contributed by atoms with Crippen LogP contribution in [0.15, 0.2) is 0 Å². The van der Waals surface area contributed by atoms with Crippen LogP contribution < -0.4 is 5.32 Å². The Labute approximate surface area is 116 Å². The second-order valence-electron chi connectivity index (χ2n) is 5.07. The molecule has 0 aliphatic heterocycles. The summed E-state index contributed by atoms with van der Waals surface area (Å²) in [5.41, 5.74) is 0. The van der Waals surface area contributed by atoms with Crippen LogP contribution in [0.25, 0.3) is 0 Å². The molecule has 6 heteroatoms. The quantitative estimate of drug-likeness (QED) is 0.701. The van der Waals surface area contributed by atoms with Crippen molar-refractivity contribution in [3.8, 4) is 0 Å². The van der Waals surface area contributed by atoms with E-state index in [4.69, 9.17) is 0 Å². The Morgan fingerprint density at radius 3 is 2.50 bits per heavy atom. The molecule has 2 unspecified atom stereocenters. The van der Waals surface area contributed by atoms with Gasteiger partial charge in [0.25, 0.3) is 0 Å². The lowest BCUT2D eigenvalue weighted by Gasteiger charge is -2.29. The van der Waals surface area contributed by atoms with Gasteiger partial charge in [0.15, 0.2) is 0 Å². The molecule has 4 nitrogen and oxygen atoms in total. The number of hydrogen-bond donors (Lipinski definition) is 1. The minimum atomic E-state index is -3.18. The molecule has 0 radical (unpaired) electrons. The zero-order chi connectivity index (χ0) is 13.8. The maximum Gasteiger partial charge on any atom is 0.217 e. The normalized spacial score (nSPS) is 20.1. The van der Waals surface area contributed by atoms with E-state index in [2.05, 4.69) is 5.32 Å². The number of rotatable bonds is 9. The lowest BCUT2D eigenvalue weighted by molar-refractivity contribution is 0.379. The smallest absolute Gasteiger partial charge is 0.217 e. The minimum Gasteiger partial charge on any atom is -0.313 e. The maximum absolute atomic E-state index is 12.4.